The highest BCUT2D eigenvalue weighted by Gasteiger charge is 1.77. The molecule has 28 valence electrons. The van der Waals surface area contributed by atoms with E-state index < -0.39 is 5.85 Å². The molecule has 1 nitrogen and oxygen atoms in total. The normalized spacial score (nSPS) is 14.0. The lowest BCUT2D eigenvalue weighted by Crippen LogP contribution is -1.82. The number of aliphatic hydroxyl groups excluding tert-OH is 1. The van der Waals surface area contributed by atoms with Crippen LogP contribution in [0.4, 0.5) is 0 Å². The second kappa shape index (κ2) is 2.37. The van der Waals surface area contributed by atoms with E-state index in [1.54, 1.807) is 0 Å². The molecule has 1 unspecified atom stereocenters. The Morgan fingerprint density at radius 1 is 2.00 bits per heavy atom. The minimum Gasteiger partial charge on any atom is -0.384 e. The molecule has 5 heavy (non-hydrogen) atoms. The van der Waals surface area contributed by atoms with Gasteiger partial charge in [-0.15, -0.1) is 6.58 Å². The summed E-state index contributed by atoms with van der Waals surface area (Å²) >= 11 is 0. The fourth-order valence-electron chi connectivity index (χ4n) is 0. The van der Waals surface area contributed by atoms with Crippen LogP contribution in [0, 0.1) is 0 Å². The Balaban J connectivity index is 2.83. The second-order valence-electron chi connectivity index (χ2n) is 0.649. The summed E-state index contributed by atoms with van der Waals surface area (Å²) in [5.41, 5.74) is 0. The Morgan fingerprint density at radius 2 is 2.20 bits per heavy atom. The average molecular weight is 88.0 g/mol. The second-order valence-corrected chi connectivity index (χ2v) is 1.18. The Kier molecular flexibility index (Phi) is 2.43. The molecule has 0 aliphatic carbocycles. The minimum absolute atomic E-state index is 0.657. The lowest BCUT2D eigenvalue weighted by Gasteiger charge is -1.82. The first kappa shape index (κ1) is 5.13. The summed E-state index contributed by atoms with van der Waals surface area (Å²) in [4.78, 5) is 0. The van der Waals surface area contributed by atoms with Gasteiger partial charge in [-0.3, -0.25) is 0 Å². The first-order valence-corrected chi connectivity index (χ1v) is 1.77. The maximum atomic E-state index is 8.11. The van der Waals surface area contributed by atoms with Crippen molar-refractivity contribution in [3.05, 3.63) is 12.7 Å². The van der Waals surface area contributed by atoms with E-state index in [2.05, 4.69) is 15.8 Å². The highest BCUT2D eigenvalue weighted by Crippen LogP contribution is 1.90. The van der Waals surface area contributed by atoms with Gasteiger partial charge in [-0.2, -0.15) is 0 Å². The van der Waals surface area contributed by atoms with Gasteiger partial charge in [0.05, 0.1) is 5.85 Å². The minimum atomic E-state index is -0.657. The van der Waals surface area contributed by atoms with Crippen LogP contribution in [0.3, 0.4) is 0 Å². The highest BCUT2D eigenvalue weighted by atomic mass is 31.0. The quantitative estimate of drug-likeness (QED) is 0.373. The van der Waals surface area contributed by atoms with Crippen LogP contribution in [0.15, 0.2) is 12.7 Å². The first-order chi connectivity index (χ1) is 2.27. The fourth-order valence-corrected chi connectivity index (χ4v) is 0. The van der Waals surface area contributed by atoms with Crippen molar-refractivity contribution in [3.8, 4) is 0 Å². The van der Waals surface area contributed by atoms with Crippen molar-refractivity contribution in [3.63, 3.8) is 0 Å². The van der Waals surface area contributed by atoms with E-state index in [4.69, 9.17) is 5.11 Å². The van der Waals surface area contributed by atoms with Gasteiger partial charge in [-0.05, 0) is 9.24 Å². The van der Waals surface area contributed by atoms with E-state index >= 15 is 0 Å². The third kappa shape index (κ3) is 4.13. The topological polar surface area (TPSA) is 20.2 Å². The lowest BCUT2D eigenvalue weighted by atomic mass is 10.7. The third-order valence-corrected chi connectivity index (χ3v) is 0.422. The Hall–Kier alpha value is 0.130. The molecule has 2 heteroatoms. The molecule has 0 rings (SSSR count). The molecular weight excluding hydrogens is 83.0 g/mol. The van der Waals surface area contributed by atoms with E-state index in [1.807, 2.05) is 0 Å². The summed E-state index contributed by atoms with van der Waals surface area (Å²) in [5.74, 6) is -0.657. The van der Waals surface area contributed by atoms with Crippen LogP contribution in [0.25, 0.3) is 0 Å². The molecule has 0 aliphatic heterocycles. The molecule has 0 aliphatic rings. The van der Waals surface area contributed by atoms with Gasteiger partial charge < -0.3 is 5.11 Å². The van der Waals surface area contributed by atoms with Crippen LogP contribution >= 0.6 is 9.24 Å². The van der Waals surface area contributed by atoms with E-state index in [-0.39, 0.29) is 0 Å². The van der Waals surface area contributed by atoms with Gasteiger partial charge in [0, 0.05) is 0 Å². The van der Waals surface area contributed by atoms with E-state index in [0.717, 1.165) is 0 Å². The zero-order valence-electron chi connectivity index (χ0n) is 2.76. The van der Waals surface area contributed by atoms with Crippen LogP contribution in [0.1, 0.15) is 0 Å². The SMILES string of the molecule is C=CC(O)[P]. The monoisotopic (exact) mass is 88.0 g/mol. The summed E-state index contributed by atoms with van der Waals surface area (Å²) in [5, 5.41) is 8.11. The molecule has 0 aromatic heterocycles. The van der Waals surface area contributed by atoms with E-state index in [9.17, 15) is 0 Å². The number of hydrogen-bond acceptors (Lipinski definition) is 1. The molecule has 0 aromatic carbocycles. The predicted molar refractivity (Wildman–Crippen MR) is 23.1 cm³/mol. The summed E-state index contributed by atoms with van der Waals surface area (Å²) in [6.07, 6.45) is 1.34. The molecule has 0 amide bonds. The van der Waals surface area contributed by atoms with Gasteiger partial charge in [-0.25, -0.2) is 0 Å². The molecular formula is C3H5OP. The standard InChI is InChI=1S/C3H5OP/c1-2-3(4)5/h2-4H,1H2. The van der Waals surface area contributed by atoms with Gasteiger partial charge in [-0.1, -0.05) is 6.08 Å². The van der Waals surface area contributed by atoms with Crippen LogP contribution in [0.2, 0.25) is 0 Å². The van der Waals surface area contributed by atoms with Gasteiger partial charge in [0.25, 0.3) is 0 Å². The fraction of sp³-hybridized carbons (Fsp3) is 0.333. The number of aliphatic hydroxyl groups is 1. The van der Waals surface area contributed by atoms with Crippen molar-refractivity contribution in [1.29, 1.82) is 0 Å². The third-order valence-electron chi connectivity index (χ3n) is 0.211. The molecule has 0 saturated carbocycles. The van der Waals surface area contributed by atoms with Crippen LogP contribution in [0.5, 0.6) is 0 Å². The summed E-state index contributed by atoms with van der Waals surface area (Å²) < 4.78 is 0. The number of rotatable bonds is 1. The van der Waals surface area contributed by atoms with Crippen LogP contribution in [-0.4, -0.2) is 11.0 Å². The molecule has 0 bridgehead atoms. The summed E-state index contributed by atoms with van der Waals surface area (Å²) in [6, 6.07) is 0. The van der Waals surface area contributed by atoms with Gasteiger partial charge in [0.2, 0.25) is 0 Å². The van der Waals surface area contributed by atoms with Crippen molar-refractivity contribution < 1.29 is 5.11 Å². The molecule has 2 radical (unpaired) electrons. The molecule has 0 spiro atoms. The largest absolute Gasteiger partial charge is 0.384 e. The van der Waals surface area contributed by atoms with Crippen molar-refractivity contribution in [2.45, 2.75) is 5.85 Å². The molecule has 0 saturated heterocycles. The average Bonchev–Trinajstić information content (AvgIpc) is 1.38. The molecule has 0 aromatic rings. The molecule has 1 atom stereocenters. The van der Waals surface area contributed by atoms with Gasteiger partial charge >= 0.3 is 0 Å². The number of hydrogen-bond donors (Lipinski definition) is 1. The smallest absolute Gasteiger partial charge is 0.0995 e. The summed E-state index contributed by atoms with van der Waals surface area (Å²) in [6.45, 7) is 3.23. The van der Waals surface area contributed by atoms with Crippen molar-refractivity contribution in [2.24, 2.45) is 0 Å². The highest BCUT2D eigenvalue weighted by molar-refractivity contribution is 7.17. The first-order valence-electron chi connectivity index (χ1n) is 1.26. The zero-order valence-corrected chi connectivity index (χ0v) is 3.65. The molecule has 1 N–H and O–H groups in total. The van der Waals surface area contributed by atoms with Crippen LogP contribution < -0.4 is 0 Å². The van der Waals surface area contributed by atoms with Crippen molar-refractivity contribution >= 4 is 9.24 Å². The zero-order chi connectivity index (χ0) is 4.28. The Bertz CT molecular complexity index is 33.9. The maximum Gasteiger partial charge on any atom is 0.0995 e. The summed E-state index contributed by atoms with van der Waals surface area (Å²) in [7, 11) is 3.54. The predicted octanol–water partition coefficient (Wildman–Crippen LogP) is 0.901. The Labute approximate surface area is 33.9 Å². The molecule has 0 fully saturated rings. The molecule has 0 heterocycles. The van der Waals surface area contributed by atoms with Crippen molar-refractivity contribution in [2.75, 3.05) is 0 Å². The van der Waals surface area contributed by atoms with Crippen LogP contribution in [-0.2, 0) is 0 Å². The lowest BCUT2D eigenvalue weighted by molar-refractivity contribution is 0.309. The van der Waals surface area contributed by atoms with Crippen molar-refractivity contribution in [1.82, 2.24) is 0 Å². The van der Waals surface area contributed by atoms with E-state index in [0.29, 0.717) is 0 Å². The van der Waals surface area contributed by atoms with Gasteiger partial charge in [0.15, 0.2) is 0 Å². The maximum absolute atomic E-state index is 8.11. The van der Waals surface area contributed by atoms with Gasteiger partial charge in [0.1, 0.15) is 0 Å². The van der Waals surface area contributed by atoms with E-state index in [1.165, 1.54) is 6.08 Å². The Morgan fingerprint density at radius 3 is 2.20 bits per heavy atom.